The van der Waals surface area contributed by atoms with Crippen LogP contribution in [0.1, 0.15) is 65.9 Å². The van der Waals surface area contributed by atoms with Crippen LogP contribution in [0.15, 0.2) is 29.3 Å². The van der Waals surface area contributed by atoms with E-state index in [1.165, 1.54) is 0 Å². The molecule has 2 rings (SSSR count). The monoisotopic (exact) mass is 407 g/mol. The van der Waals surface area contributed by atoms with Gasteiger partial charge in [0.05, 0.1) is 6.54 Å². The lowest BCUT2D eigenvalue weighted by molar-refractivity contribution is 0.129. The van der Waals surface area contributed by atoms with Gasteiger partial charge in [-0.15, -0.1) is 0 Å². The zero-order chi connectivity index (χ0) is 20.6. The third-order valence-corrected chi connectivity index (χ3v) is 6.50. The molecule has 6 heteroatoms. The molecule has 1 saturated carbocycles. The van der Waals surface area contributed by atoms with Crippen molar-refractivity contribution in [2.24, 2.45) is 4.99 Å². The molecule has 3 unspecified atom stereocenters. The Morgan fingerprint density at radius 3 is 2.68 bits per heavy atom. The van der Waals surface area contributed by atoms with E-state index in [0.29, 0.717) is 17.8 Å². The largest absolute Gasteiger partial charge is 0.488 e. The number of nitrogens with one attached hydrogen (secondary N) is 2. The van der Waals surface area contributed by atoms with E-state index in [1.807, 2.05) is 25.1 Å². The smallest absolute Gasteiger partial charge is 0.191 e. The molecule has 1 fully saturated rings. The first kappa shape index (κ1) is 22.7. The van der Waals surface area contributed by atoms with E-state index in [4.69, 9.17) is 9.73 Å². The Morgan fingerprint density at radius 2 is 2.00 bits per heavy atom. The molecule has 0 aliphatic heterocycles. The molecule has 2 N–H and O–H groups in total. The van der Waals surface area contributed by atoms with Gasteiger partial charge >= 0.3 is 0 Å². The number of aliphatic imine (C=N–C) groups is 1. The lowest BCUT2D eigenvalue weighted by atomic mass is 9.95. The maximum atomic E-state index is 12.2. The van der Waals surface area contributed by atoms with E-state index >= 15 is 0 Å². The van der Waals surface area contributed by atoms with Crippen LogP contribution in [0.3, 0.4) is 0 Å². The fourth-order valence-electron chi connectivity index (χ4n) is 3.49. The molecule has 0 amide bonds. The van der Waals surface area contributed by atoms with E-state index in [0.717, 1.165) is 55.3 Å². The molecule has 3 atom stereocenters. The Morgan fingerprint density at radius 1 is 1.25 bits per heavy atom. The van der Waals surface area contributed by atoms with Gasteiger partial charge in [0.2, 0.25) is 0 Å². The molecule has 5 nitrogen and oxygen atoms in total. The summed E-state index contributed by atoms with van der Waals surface area (Å²) >= 11 is 0. The molecule has 0 heterocycles. The first-order chi connectivity index (χ1) is 13.3. The van der Waals surface area contributed by atoms with Crippen molar-refractivity contribution in [2.45, 2.75) is 83.7 Å². The van der Waals surface area contributed by atoms with Crippen LogP contribution in [-0.2, 0) is 17.3 Å². The van der Waals surface area contributed by atoms with E-state index in [1.54, 1.807) is 0 Å². The van der Waals surface area contributed by atoms with Crippen LogP contribution in [0.2, 0.25) is 0 Å². The molecule has 1 aliphatic carbocycles. The minimum absolute atomic E-state index is 0.241. The third-order valence-electron chi connectivity index (χ3n) is 4.76. The Bertz CT molecular complexity index is 670. The minimum atomic E-state index is -0.716. The molecule has 0 radical (unpaired) electrons. The van der Waals surface area contributed by atoms with Crippen molar-refractivity contribution >= 4 is 16.8 Å². The number of rotatable bonds is 7. The molecule has 158 valence electrons. The number of benzene rings is 1. The summed E-state index contributed by atoms with van der Waals surface area (Å²) in [5.41, 5.74) is 0.831. The third kappa shape index (κ3) is 7.46. The van der Waals surface area contributed by atoms with Gasteiger partial charge in [-0.2, -0.15) is 0 Å². The first-order valence-electron chi connectivity index (χ1n) is 10.5. The summed E-state index contributed by atoms with van der Waals surface area (Å²) in [6, 6.07) is 8.41. The van der Waals surface area contributed by atoms with Crippen LogP contribution in [-0.4, -0.2) is 39.4 Å². The molecule has 1 aromatic rings. The van der Waals surface area contributed by atoms with E-state index in [2.05, 4.69) is 44.4 Å². The first-order valence-corrected chi connectivity index (χ1v) is 11.9. The standard InChI is InChI=1S/C22H37N3O2S/c1-6-23-21(25-18-12-10-13-19(15-18)28(26)7-2)24-16-17-11-8-9-14-20(17)27-22(3,4)5/h8-9,11,14,18-19H,6-7,10,12-13,15-16H2,1-5H3,(H2,23,24,25). The Kier molecular flexibility index (Phi) is 8.80. The molecular weight excluding hydrogens is 370 g/mol. The van der Waals surface area contributed by atoms with Crippen molar-refractivity contribution in [1.82, 2.24) is 10.6 Å². The molecule has 1 aromatic carbocycles. The number of para-hydroxylation sites is 1. The summed E-state index contributed by atoms with van der Waals surface area (Å²) < 4.78 is 18.3. The van der Waals surface area contributed by atoms with Gasteiger partial charge in [-0.25, -0.2) is 4.99 Å². The number of ether oxygens (including phenoxy) is 1. The molecule has 0 saturated heterocycles. The average Bonchev–Trinajstić information content (AvgIpc) is 2.65. The Labute approximate surface area is 173 Å². The van der Waals surface area contributed by atoms with Crippen LogP contribution in [0, 0.1) is 0 Å². The summed E-state index contributed by atoms with van der Waals surface area (Å²) in [6.45, 7) is 11.6. The average molecular weight is 408 g/mol. The van der Waals surface area contributed by atoms with Gasteiger partial charge in [-0.05, 0) is 53.0 Å². The van der Waals surface area contributed by atoms with Crippen molar-refractivity contribution in [1.29, 1.82) is 0 Å². The fourth-order valence-corrected chi connectivity index (χ4v) is 4.84. The highest BCUT2D eigenvalue weighted by molar-refractivity contribution is 7.85. The maximum Gasteiger partial charge on any atom is 0.191 e. The summed E-state index contributed by atoms with van der Waals surface area (Å²) in [5, 5.41) is 7.22. The lowest BCUT2D eigenvalue weighted by Crippen LogP contribution is -2.46. The van der Waals surface area contributed by atoms with E-state index in [-0.39, 0.29) is 5.60 Å². The van der Waals surface area contributed by atoms with Gasteiger partial charge in [-0.1, -0.05) is 31.5 Å². The quantitative estimate of drug-likeness (QED) is 0.530. The van der Waals surface area contributed by atoms with Crippen LogP contribution >= 0.6 is 0 Å². The second-order valence-electron chi connectivity index (χ2n) is 8.32. The van der Waals surface area contributed by atoms with Gasteiger partial charge in [-0.3, -0.25) is 4.21 Å². The van der Waals surface area contributed by atoms with Crippen LogP contribution < -0.4 is 15.4 Å². The number of nitrogens with zero attached hydrogens (tertiary/aromatic N) is 1. The SMILES string of the molecule is CCNC(=NCc1ccccc1OC(C)(C)C)NC1CCCC(S(=O)CC)C1. The highest BCUT2D eigenvalue weighted by Gasteiger charge is 2.26. The van der Waals surface area contributed by atoms with Crippen molar-refractivity contribution in [3.05, 3.63) is 29.8 Å². The molecule has 0 bridgehead atoms. The van der Waals surface area contributed by atoms with Gasteiger partial charge in [0.15, 0.2) is 5.96 Å². The molecule has 1 aliphatic rings. The highest BCUT2D eigenvalue weighted by atomic mass is 32.2. The van der Waals surface area contributed by atoms with E-state index < -0.39 is 10.8 Å². The minimum Gasteiger partial charge on any atom is -0.488 e. The van der Waals surface area contributed by atoms with Crippen LogP contribution in [0.25, 0.3) is 0 Å². The Hall–Kier alpha value is -1.56. The number of hydrogen-bond donors (Lipinski definition) is 2. The van der Waals surface area contributed by atoms with Crippen LogP contribution in [0.4, 0.5) is 0 Å². The van der Waals surface area contributed by atoms with Gasteiger partial charge in [0, 0.05) is 40.0 Å². The van der Waals surface area contributed by atoms with Gasteiger partial charge in [0.25, 0.3) is 0 Å². The molecular formula is C22H37N3O2S. The fraction of sp³-hybridized carbons (Fsp3) is 0.682. The maximum absolute atomic E-state index is 12.2. The second-order valence-corrected chi connectivity index (χ2v) is 10.3. The van der Waals surface area contributed by atoms with Gasteiger partial charge < -0.3 is 15.4 Å². The van der Waals surface area contributed by atoms with Crippen molar-refractivity contribution in [3.63, 3.8) is 0 Å². The van der Waals surface area contributed by atoms with E-state index in [9.17, 15) is 4.21 Å². The molecule has 0 spiro atoms. The number of guanidine groups is 1. The van der Waals surface area contributed by atoms with Crippen LogP contribution in [0.5, 0.6) is 5.75 Å². The summed E-state index contributed by atoms with van der Waals surface area (Å²) in [4.78, 5) is 4.80. The zero-order valence-corrected chi connectivity index (χ0v) is 18.9. The van der Waals surface area contributed by atoms with Gasteiger partial charge in [0.1, 0.15) is 11.4 Å². The normalized spacial score (nSPS) is 21.8. The Balaban J connectivity index is 2.06. The summed E-state index contributed by atoms with van der Waals surface area (Å²) in [5.74, 6) is 2.45. The van der Waals surface area contributed by atoms with Crippen molar-refractivity contribution in [2.75, 3.05) is 12.3 Å². The topological polar surface area (TPSA) is 62.7 Å². The predicted octanol–water partition coefficient (Wildman–Crippen LogP) is 4.00. The summed E-state index contributed by atoms with van der Waals surface area (Å²) in [6.07, 6.45) is 4.25. The highest BCUT2D eigenvalue weighted by Crippen LogP contribution is 2.24. The summed E-state index contributed by atoms with van der Waals surface area (Å²) in [7, 11) is -0.716. The van der Waals surface area contributed by atoms with Crippen molar-refractivity contribution in [3.8, 4) is 5.75 Å². The zero-order valence-electron chi connectivity index (χ0n) is 18.1. The molecule has 0 aromatic heterocycles. The number of hydrogen-bond acceptors (Lipinski definition) is 3. The lowest BCUT2D eigenvalue weighted by Gasteiger charge is -2.30. The van der Waals surface area contributed by atoms with Crippen molar-refractivity contribution < 1.29 is 8.95 Å². The second kappa shape index (κ2) is 10.8. The molecule has 28 heavy (non-hydrogen) atoms. The predicted molar refractivity (Wildman–Crippen MR) is 120 cm³/mol.